The van der Waals surface area contributed by atoms with Crippen LogP contribution < -0.4 is 0 Å². The molecule has 0 N–H and O–H groups in total. The van der Waals surface area contributed by atoms with E-state index in [4.69, 9.17) is 9.97 Å². The number of hydrogen-bond acceptors (Lipinski definition) is 3. The molecule has 6 aromatic carbocycles. The second-order valence-corrected chi connectivity index (χ2v) is 11.4. The summed E-state index contributed by atoms with van der Waals surface area (Å²) in [6.07, 6.45) is 0. The van der Waals surface area contributed by atoms with E-state index >= 15 is 0 Å². The van der Waals surface area contributed by atoms with Crippen molar-refractivity contribution >= 4 is 43.6 Å². The Kier molecular flexibility index (Phi) is 5.81. The topological polar surface area (TPSA) is 59.4 Å². The van der Waals surface area contributed by atoms with Gasteiger partial charge in [0.1, 0.15) is 0 Å². The summed E-state index contributed by atoms with van der Waals surface area (Å²) < 4.78 is 4.56. The number of para-hydroxylation sites is 3. The number of aromatic nitrogens is 4. The number of fused-ring (bicyclic) bond motifs is 7. The van der Waals surface area contributed by atoms with Crippen molar-refractivity contribution in [1.29, 1.82) is 5.26 Å². The highest BCUT2D eigenvalue weighted by Crippen LogP contribution is 2.42. The molecule has 3 aromatic heterocycles. The molecule has 5 nitrogen and oxygen atoms in total. The van der Waals surface area contributed by atoms with E-state index in [0.717, 1.165) is 71.8 Å². The molecule has 0 aliphatic rings. The van der Waals surface area contributed by atoms with E-state index in [1.807, 2.05) is 48.5 Å². The lowest BCUT2D eigenvalue weighted by atomic mass is 10.1. The maximum absolute atomic E-state index is 9.67. The van der Waals surface area contributed by atoms with Crippen LogP contribution in [0.2, 0.25) is 0 Å². The molecule has 46 heavy (non-hydrogen) atoms. The van der Waals surface area contributed by atoms with E-state index in [1.54, 1.807) is 0 Å². The van der Waals surface area contributed by atoms with Crippen LogP contribution in [0.1, 0.15) is 5.56 Å². The van der Waals surface area contributed by atoms with Crippen LogP contribution in [0.5, 0.6) is 0 Å². The Morgan fingerprint density at radius 2 is 1.11 bits per heavy atom. The van der Waals surface area contributed by atoms with Crippen LogP contribution in [0.15, 0.2) is 152 Å². The predicted molar refractivity (Wildman–Crippen MR) is 186 cm³/mol. The van der Waals surface area contributed by atoms with Crippen LogP contribution in [0.3, 0.4) is 0 Å². The minimum Gasteiger partial charge on any atom is -0.309 e. The van der Waals surface area contributed by atoms with E-state index < -0.39 is 0 Å². The number of rotatable bonds is 4. The predicted octanol–water partition coefficient (Wildman–Crippen LogP) is 9.88. The van der Waals surface area contributed by atoms with Gasteiger partial charge in [0.2, 0.25) is 5.95 Å². The highest BCUT2D eigenvalue weighted by atomic mass is 15.2. The Bertz CT molecular complexity index is 2640. The van der Waals surface area contributed by atoms with Crippen LogP contribution in [0.4, 0.5) is 0 Å². The fourth-order valence-corrected chi connectivity index (χ4v) is 6.76. The monoisotopic (exact) mass is 587 g/mol. The average Bonchev–Trinajstić information content (AvgIpc) is 3.65. The zero-order valence-corrected chi connectivity index (χ0v) is 24.7. The summed E-state index contributed by atoms with van der Waals surface area (Å²) in [6.45, 7) is 0. The fraction of sp³-hybridized carbons (Fsp3) is 0. The van der Waals surface area contributed by atoms with Crippen molar-refractivity contribution in [3.8, 4) is 40.2 Å². The lowest BCUT2D eigenvalue weighted by Crippen LogP contribution is -2.04. The number of nitrogens with zero attached hydrogens (tertiary/aromatic N) is 5. The van der Waals surface area contributed by atoms with Gasteiger partial charge < -0.3 is 4.57 Å². The smallest absolute Gasteiger partial charge is 0.235 e. The van der Waals surface area contributed by atoms with Crippen molar-refractivity contribution in [2.24, 2.45) is 0 Å². The summed E-state index contributed by atoms with van der Waals surface area (Å²) in [5.41, 5.74) is 9.48. The van der Waals surface area contributed by atoms with Gasteiger partial charge in [0.25, 0.3) is 0 Å². The van der Waals surface area contributed by atoms with Gasteiger partial charge in [-0.1, -0.05) is 103 Å². The van der Waals surface area contributed by atoms with Gasteiger partial charge in [-0.3, -0.25) is 4.57 Å². The molecule has 0 unspecified atom stereocenters. The Balaban J connectivity index is 1.45. The molecule has 3 heterocycles. The molecule has 0 saturated carbocycles. The van der Waals surface area contributed by atoms with E-state index in [-0.39, 0.29) is 0 Å². The van der Waals surface area contributed by atoms with Gasteiger partial charge in [-0.2, -0.15) is 5.26 Å². The quantitative estimate of drug-likeness (QED) is 0.206. The first kappa shape index (κ1) is 25.9. The molecular formula is C41H25N5. The van der Waals surface area contributed by atoms with Crippen molar-refractivity contribution in [2.75, 3.05) is 0 Å². The fourth-order valence-electron chi connectivity index (χ4n) is 6.76. The molecule has 0 amide bonds. The van der Waals surface area contributed by atoms with Crippen molar-refractivity contribution in [3.63, 3.8) is 0 Å². The van der Waals surface area contributed by atoms with Crippen LogP contribution in [-0.2, 0) is 0 Å². The molecule has 0 saturated heterocycles. The first-order valence-corrected chi connectivity index (χ1v) is 15.2. The summed E-state index contributed by atoms with van der Waals surface area (Å²) in [5, 5.41) is 14.3. The molecule has 0 atom stereocenters. The van der Waals surface area contributed by atoms with E-state index in [1.165, 1.54) is 0 Å². The molecule has 0 fully saturated rings. The second-order valence-electron chi connectivity index (χ2n) is 11.4. The van der Waals surface area contributed by atoms with Crippen LogP contribution in [-0.4, -0.2) is 19.1 Å². The maximum atomic E-state index is 9.67. The number of hydrogen-bond donors (Lipinski definition) is 0. The van der Waals surface area contributed by atoms with Crippen molar-refractivity contribution in [1.82, 2.24) is 19.1 Å². The first-order chi connectivity index (χ1) is 22.8. The summed E-state index contributed by atoms with van der Waals surface area (Å²) in [4.78, 5) is 10.5. The van der Waals surface area contributed by atoms with Crippen molar-refractivity contribution in [3.05, 3.63) is 157 Å². The minimum absolute atomic E-state index is 0.578. The molecule has 0 spiro atoms. The Hall–Kier alpha value is -6.51. The van der Waals surface area contributed by atoms with Gasteiger partial charge in [-0.25, -0.2) is 9.97 Å². The van der Waals surface area contributed by atoms with Crippen molar-refractivity contribution < 1.29 is 0 Å². The lowest BCUT2D eigenvalue weighted by Gasteiger charge is -2.12. The number of nitriles is 1. The van der Waals surface area contributed by atoms with Gasteiger partial charge >= 0.3 is 0 Å². The van der Waals surface area contributed by atoms with Gasteiger partial charge in [0.15, 0.2) is 0 Å². The molecule has 5 heteroatoms. The molecular weight excluding hydrogens is 562 g/mol. The van der Waals surface area contributed by atoms with E-state index in [0.29, 0.717) is 11.5 Å². The number of benzene rings is 6. The first-order valence-electron chi connectivity index (χ1n) is 15.2. The van der Waals surface area contributed by atoms with Gasteiger partial charge in [-0.05, 0) is 48.5 Å². The third-order valence-corrected chi connectivity index (χ3v) is 8.76. The highest BCUT2D eigenvalue weighted by molar-refractivity contribution is 6.26. The molecule has 0 aliphatic heterocycles. The summed E-state index contributed by atoms with van der Waals surface area (Å²) in [5.74, 6) is 0.578. The summed E-state index contributed by atoms with van der Waals surface area (Å²) in [6, 6.07) is 54.1. The standard InChI is InChI=1S/C41H25N5/c42-26-27-12-11-15-29(24-27)35-25-34(28-13-3-1-4-14-28)43-41(44-35)46-36-20-9-7-18-31(36)32-22-23-38-39(40(32)46)33-19-8-10-21-37(33)45(38)30-16-5-2-6-17-30/h1-25H. The van der Waals surface area contributed by atoms with Crippen LogP contribution in [0, 0.1) is 11.3 Å². The normalized spacial score (nSPS) is 11.5. The average molecular weight is 588 g/mol. The molecule has 0 aliphatic carbocycles. The lowest BCUT2D eigenvalue weighted by molar-refractivity contribution is 0.998. The van der Waals surface area contributed by atoms with Gasteiger partial charge in [0, 0.05) is 38.4 Å². The zero-order valence-electron chi connectivity index (χ0n) is 24.7. The third kappa shape index (κ3) is 3.94. The van der Waals surface area contributed by atoms with Crippen molar-refractivity contribution in [2.45, 2.75) is 0 Å². The largest absolute Gasteiger partial charge is 0.309 e. The van der Waals surface area contributed by atoms with Crippen LogP contribution in [0.25, 0.3) is 77.8 Å². The second kappa shape index (κ2) is 10.3. The Morgan fingerprint density at radius 1 is 0.478 bits per heavy atom. The molecule has 0 radical (unpaired) electrons. The summed E-state index contributed by atoms with van der Waals surface area (Å²) >= 11 is 0. The zero-order chi connectivity index (χ0) is 30.6. The highest BCUT2D eigenvalue weighted by Gasteiger charge is 2.22. The van der Waals surface area contributed by atoms with Gasteiger partial charge in [0.05, 0.1) is 45.1 Å². The minimum atomic E-state index is 0.578. The Morgan fingerprint density at radius 3 is 1.87 bits per heavy atom. The van der Waals surface area contributed by atoms with E-state index in [2.05, 4.69) is 118 Å². The van der Waals surface area contributed by atoms with Gasteiger partial charge in [-0.15, -0.1) is 0 Å². The third-order valence-electron chi connectivity index (χ3n) is 8.76. The van der Waals surface area contributed by atoms with E-state index in [9.17, 15) is 5.26 Å². The summed E-state index contributed by atoms with van der Waals surface area (Å²) in [7, 11) is 0. The molecule has 214 valence electrons. The maximum Gasteiger partial charge on any atom is 0.235 e. The van der Waals surface area contributed by atoms with Crippen LogP contribution >= 0.6 is 0 Å². The SMILES string of the molecule is N#Cc1cccc(-c2cc(-c3ccccc3)nc(-n3c4ccccc4c4ccc5c(c6ccccc6n5-c5ccccc5)c43)n2)c1. The molecule has 0 bridgehead atoms. The Labute approximate surface area is 264 Å². The molecule has 9 rings (SSSR count). The molecule has 9 aromatic rings.